The zero-order valence-corrected chi connectivity index (χ0v) is 11.8. The second kappa shape index (κ2) is 5.61. The SMILES string of the molecule is CC(C)NC(=O)[C@@H]1CC(=O)N(c2cccc(Cl)c2)C1. The molecule has 1 aliphatic rings. The Balaban J connectivity index is 2.10. The Morgan fingerprint density at radius 1 is 1.47 bits per heavy atom. The van der Waals surface area contributed by atoms with Gasteiger partial charge in [0.25, 0.3) is 0 Å². The molecule has 0 saturated carbocycles. The molecule has 1 saturated heterocycles. The van der Waals surface area contributed by atoms with Gasteiger partial charge in [-0.1, -0.05) is 17.7 Å². The van der Waals surface area contributed by atoms with E-state index in [0.29, 0.717) is 11.6 Å². The van der Waals surface area contributed by atoms with Crippen molar-refractivity contribution < 1.29 is 9.59 Å². The second-order valence-corrected chi connectivity index (χ2v) is 5.48. The molecule has 1 atom stereocenters. The Hall–Kier alpha value is -1.55. The predicted octanol–water partition coefficient (Wildman–Crippen LogP) is 2.22. The van der Waals surface area contributed by atoms with Gasteiger partial charge in [0.2, 0.25) is 11.8 Å². The molecule has 1 aromatic rings. The highest BCUT2D eigenvalue weighted by atomic mass is 35.5. The normalized spacial score (nSPS) is 19.1. The summed E-state index contributed by atoms with van der Waals surface area (Å²) in [6, 6.07) is 7.21. The van der Waals surface area contributed by atoms with Crippen LogP contribution in [0.15, 0.2) is 24.3 Å². The van der Waals surface area contributed by atoms with E-state index in [-0.39, 0.29) is 30.2 Å². The van der Waals surface area contributed by atoms with Crippen LogP contribution >= 0.6 is 11.6 Å². The largest absolute Gasteiger partial charge is 0.354 e. The van der Waals surface area contributed by atoms with Gasteiger partial charge in [-0.2, -0.15) is 0 Å². The van der Waals surface area contributed by atoms with E-state index < -0.39 is 0 Å². The third kappa shape index (κ3) is 3.26. The maximum Gasteiger partial charge on any atom is 0.227 e. The van der Waals surface area contributed by atoms with Gasteiger partial charge in [0, 0.05) is 29.7 Å². The van der Waals surface area contributed by atoms with E-state index in [1.807, 2.05) is 19.9 Å². The highest BCUT2D eigenvalue weighted by Crippen LogP contribution is 2.27. The number of halogens is 1. The number of amides is 2. The van der Waals surface area contributed by atoms with Crippen molar-refractivity contribution in [3.05, 3.63) is 29.3 Å². The molecule has 5 heteroatoms. The lowest BCUT2D eigenvalue weighted by molar-refractivity contribution is -0.126. The molecule has 102 valence electrons. The highest BCUT2D eigenvalue weighted by molar-refractivity contribution is 6.30. The molecule has 2 rings (SSSR count). The molecule has 1 aromatic carbocycles. The molecule has 2 amide bonds. The van der Waals surface area contributed by atoms with Crippen molar-refractivity contribution in [3.63, 3.8) is 0 Å². The first kappa shape index (κ1) is 13.9. The third-order valence-corrected chi connectivity index (χ3v) is 3.28. The van der Waals surface area contributed by atoms with Crippen LogP contribution in [-0.4, -0.2) is 24.4 Å². The quantitative estimate of drug-likeness (QED) is 0.923. The minimum Gasteiger partial charge on any atom is -0.354 e. The second-order valence-electron chi connectivity index (χ2n) is 5.05. The third-order valence-electron chi connectivity index (χ3n) is 3.05. The van der Waals surface area contributed by atoms with Crippen molar-refractivity contribution in [2.45, 2.75) is 26.3 Å². The summed E-state index contributed by atoms with van der Waals surface area (Å²) >= 11 is 5.92. The molecule has 4 nitrogen and oxygen atoms in total. The topological polar surface area (TPSA) is 49.4 Å². The van der Waals surface area contributed by atoms with E-state index >= 15 is 0 Å². The van der Waals surface area contributed by atoms with E-state index in [2.05, 4.69) is 5.32 Å². The van der Waals surface area contributed by atoms with Gasteiger partial charge in [0.1, 0.15) is 0 Å². The standard InChI is InChI=1S/C14H17ClN2O2/c1-9(2)16-14(19)10-6-13(18)17(8-10)12-5-3-4-11(15)7-12/h3-5,7,9-10H,6,8H2,1-2H3,(H,16,19)/t10-/m1/s1. The summed E-state index contributed by atoms with van der Waals surface area (Å²) < 4.78 is 0. The van der Waals surface area contributed by atoms with Crippen molar-refractivity contribution in [1.82, 2.24) is 5.32 Å². The Morgan fingerprint density at radius 2 is 2.21 bits per heavy atom. The summed E-state index contributed by atoms with van der Waals surface area (Å²) in [6.45, 7) is 4.23. The van der Waals surface area contributed by atoms with Crippen LogP contribution in [0.25, 0.3) is 0 Å². The molecular formula is C14H17ClN2O2. The number of anilines is 1. The predicted molar refractivity (Wildman–Crippen MR) is 75.2 cm³/mol. The summed E-state index contributed by atoms with van der Waals surface area (Å²) in [5, 5.41) is 3.43. The maximum atomic E-state index is 12.0. The summed E-state index contributed by atoms with van der Waals surface area (Å²) in [5.74, 6) is -0.382. The minimum atomic E-state index is -0.283. The van der Waals surface area contributed by atoms with E-state index in [0.717, 1.165) is 5.69 Å². The van der Waals surface area contributed by atoms with Crippen LogP contribution in [0.4, 0.5) is 5.69 Å². The highest BCUT2D eigenvalue weighted by Gasteiger charge is 2.35. The van der Waals surface area contributed by atoms with Crippen molar-refractivity contribution in [2.24, 2.45) is 5.92 Å². The van der Waals surface area contributed by atoms with Crippen LogP contribution in [0.3, 0.4) is 0 Å². The summed E-state index contributed by atoms with van der Waals surface area (Å²) in [4.78, 5) is 25.5. The number of hydrogen-bond donors (Lipinski definition) is 1. The van der Waals surface area contributed by atoms with Gasteiger partial charge < -0.3 is 10.2 Å². The summed E-state index contributed by atoms with van der Waals surface area (Å²) in [5.41, 5.74) is 0.748. The molecule has 1 aliphatic heterocycles. The van der Waals surface area contributed by atoms with Crippen molar-refractivity contribution in [1.29, 1.82) is 0 Å². The van der Waals surface area contributed by atoms with E-state index in [1.165, 1.54) is 0 Å². The van der Waals surface area contributed by atoms with Crippen molar-refractivity contribution >= 4 is 29.1 Å². The number of nitrogens with one attached hydrogen (secondary N) is 1. The lowest BCUT2D eigenvalue weighted by Crippen LogP contribution is -2.36. The molecule has 19 heavy (non-hydrogen) atoms. The number of hydrogen-bond acceptors (Lipinski definition) is 2. The van der Waals surface area contributed by atoms with Gasteiger partial charge in [-0.3, -0.25) is 9.59 Å². The number of carbonyl (C=O) groups is 2. The Morgan fingerprint density at radius 3 is 2.84 bits per heavy atom. The van der Waals surface area contributed by atoms with Gasteiger partial charge in [0.05, 0.1) is 5.92 Å². The molecule has 1 N–H and O–H groups in total. The molecule has 0 aromatic heterocycles. The number of benzene rings is 1. The molecule has 0 spiro atoms. The molecule has 0 radical (unpaired) electrons. The van der Waals surface area contributed by atoms with Crippen LogP contribution in [0.2, 0.25) is 5.02 Å². The van der Waals surface area contributed by atoms with Gasteiger partial charge in [-0.05, 0) is 32.0 Å². The molecule has 0 aliphatic carbocycles. The lowest BCUT2D eigenvalue weighted by atomic mass is 10.1. The lowest BCUT2D eigenvalue weighted by Gasteiger charge is -2.17. The molecule has 1 heterocycles. The molecule has 1 fully saturated rings. The Kier molecular flexibility index (Phi) is 4.10. The fraction of sp³-hybridized carbons (Fsp3) is 0.429. The van der Waals surface area contributed by atoms with Crippen LogP contribution in [-0.2, 0) is 9.59 Å². The number of nitrogens with zero attached hydrogens (tertiary/aromatic N) is 1. The van der Waals surface area contributed by atoms with Crippen LogP contribution < -0.4 is 10.2 Å². The maximum absolute atomic E-state index is 12.0. The van der Waals surface area contributed by atoms with Gasteiger partial charge >= 0.3 is 0 Å². The number of carbonyl (C=O) groups excluding carboxylic acids is 2. The van der Waals surface area contributed by atoms with E-state index in [1.54, 1.807) is 23.1 Å². The first-order valence-corrected chi connectivity index (χ1v) is 6.71. The molecular weight excluding hydrogens is 264 g/mol. The van der Waals surface area contributed by atoms with Crippen LogP contribution in [0.5, 0.6) is 0 Å². The average molecular weight is 281 g/mol. The zero-order chi connectivity index (χ0) is 14.0. The first-order chi connectivity index (χ1) is 8.97. The summed E-state index contributed by atoms with van der Waals surface area (Å²) in [6.07, 6.45) is 0.255. The molecule has 0 bridgehead atoms. The zero-order valence-electron chi connectivity index (χ0n) is 11.0. The Labute approximate surface area is 117 Å². The van der Waals surface area contributed by atoms with Crippen LogP contribution in [0.1, 0.15) is 20.3 Å². The monoisotopic (exact) mass is 280 g/mol. The smallest absolute Gasteiger partial charge is 0.227 e. The van der Waals surface area contributed by atoms with E-state index in [9.17, 15) is 9.59 Å². The average Bonchev–Trinajstić information content (AvgIpc) is 2.70. The summed E-state index contributed by atoms with van der Waals surface area (Å²) in [7, 11) is 0. The van der Waals surface area contributed by atoms with Crippen molar-refractivity contribution in [2.75, 3.05) is 11.4 Å². The van der Waals surface area contributed by atoms with E-state index in [4.69, 9.17) is 11.6 Å². The van der Waals surface area contributed by atoms with Crippen LogP contribution in [0, 0.1) is 5.92 Å². The van der Waals surface area contributed by atoms with Gasteiger partial charge in [-0.25, -0.2) is 0 Å². The fourth-order valence-electron chi connectivity index (χ4n) is 2.18. The fourth-order valence-corrected chi connectivity index (χ4v) is 2.36. The molecule has 0 unspecified atom stereocenters. The van der Waals surface area contributed by atoms with Gasteiger partial charge in [-0.15, -0.1) is 0 Å². The van der Waals surface area contributed by atoms with Crippen molar-refractivity contribution in [3.8, 4) is 0 Å². The van der Waals surface area contributed by atoms with Gasteiger partial charge in [0.15, 0.2) is 0 Å². The Bertz CT molecular complexity index is 502. The number of rotatable bonds is 3. The first-order valence-electron chi connectivity index (χ1n) is 6.33. The minimum absolute atomic E-state index is 0.0360.